The molecule has 3 N–H and O–H groups in total. The lowest BCUT2D eigenvalue weighted by Gasteiger charge is -2.35. The maximum atomic E-state index is 12.6. The zero-order chi connectivity index (χ0) is 13.2. The number of nitrogens with two attached hydrogens (primary N) is 1. The number of alkyl halides is 3. The SMILES string of the molecule is NCC1CN(c2cccc(C(F)(F)F)c2)CCN1. The van der Waals surface area contributed by atoms with Crippen molar-refractivity contribution in [3.63, 3.8) is 0 Å². The van der Waals surface area contributed by atoms with Gasteiger partial charge in [-0.1, -0.05) is 6.07 Å². The second-order valence-corrected chi connectivity index (χ2v) is 4.38. The van der Waals surface area contributed by atoms with Crippen molar-refractivity contribution in [3.05, 3.63) is 29.8 Å². The zero-order valence-electron chi connectivity index (χ0n) is 9.87. The van der Waals surface area contributed by atoms with Crippen LogP contribution in [0.25, 0.3) is 0 Å². The number of anilines is 1. The van der Waals surface area contributed by atoms with Gasteiger partial charge in [-0.25, -0.2) is 0 Å². The zero-order valence-corrected chi connectivity index (χ0v) is 9.87. The van der Waals surface area contributed by atoms with Crippen LogP contribution in [0.4, 0.5) is 18.9 Å². The van der Waals surface area contributed by atoms with Crippen LogP contribution in [0.5, 0.6) is 0 Å². The smallest absolute Gasteiger partial charge is 0.369 e. The Morgan fingerprint density at radius 2 is 2.17 bits per heavy atom. The average Bonchev–Trinajstić information content (AvgIpc) is 2.38. The van der Waals surface area contributed by atoms with Gasteiger partial charge in [-0.15, -0.1) is 0 Å². The van der Waals surface area contributed by atoms with Crippen molar-refractivity contribution in [3.8, 4) is 0 Å². The third-order valence-corrected chi connectivity index (χ3v) is 3.08. The summed E-state index contributed by atoms with van der Waals surface area (Å²) in [5, 5.41) is 3.22. The van der Waals surface area contributed by atoms with Crippen molar-refractivity contribution in [1.29, 1.82) is 0 Å². The summed E-state index contributed by atoms with van der Waals surface area (Å²) in [4.78, 5) is 1.93. The van der Waals surface area contributed by atoms with Gasteiger partial charge in [-0.05, 0) is 18.2 Å². The molecule has 1 heterocycles. The van der Waals surface area contributed by atoms with Crippen LogP contribution >= 0.6 is 0 Å². The Morgan fingerprint density at radius 3 is 2.83 bits per heavy atom. The van der Waals surface area contributed by atoms with Gasteiger partial charge in [0.05, 0.1) is 5.56 Å². The molecule has 0 bridgehead atoms. The van der Waals surface area contributed by atoms with Gasteiger partial charge in [0.25, 0.3) is 0 Å². The molecule has 0 saturated carbocycles. The van der Waals surface area contributed by atoms with E-state index in [1.807, 2.05) is 4.90 Å². The summed E-state index contributed by atoms with van der Waals surface area (Å²) < 4.78 is 37.9. The fourth-order valence-electron chi connectivity index (χ4n) is 2.10. The highest BCUT2D eigenvalue weighted by Gasteiger charge is 2.31. The van der Waals surface area contributed by atoms with E-state index in [0.29, 0.717) is 25.3 Å². The first-order valence-corrected chi connectivity index (χ1v) is 5.86. The Hall–Kier alpha value is -1.27. The van der Waals surface area contributed by atoms with Crippen molar-refractivity contribution in [2.45, 2.75) is 12.2 Å². The molecule has 1 saturated heterocycles. The summed E-state index contributed by atoms with van der Waals surface area (Å²) in [7, 11) is 0. The number of hydrogen-bond acceptors (Lipinski definition) is 3. The number of halogens is 3. The highest BCUT2D eigenvalue weighted by atomic mass is 19.4. The molecular weight excluding hydrogens is 243 g/mol. The van der Waals surface area contributed by atoms with E-state index in [1.165, 1.54) is 12.1 Å². The first kappa shape index (κ1) is 13.2. The van der Waals surface area contributed by atoms with E-state index in [9.17, 15) is 13.2 Å². The minimum Gasteiger partial charge on any atom is -0.369 e. The monoisotopic (exact) mass is 259 g/mol. The molecule has 0 spiro atoms. The van der Waals surface area contributed by atoms with Crippen molar-refractivity contribution in [2.75, 3.05) is 31.1 Å². The maximum Gasteiger partial charge on any atom is 0.416 e. The number of nitrogens with zero attached hydrogens (tertiary/aromatic N) is 1. The Labute approximate surface area is 104 Å². The quantitative estimate of drug-likeness (QED) is 0.844. The Bertz CT molecular complexity index is 406. The summed E-state index contributed by atoms with van der Waals surface area (Å²) in [6.45, 7) is 2.54. The fourth-order valence-corrected chi connectivity index (χ4v) is 2.10. The van der Waals surface area contributed by atoms with Crippen LogP contribution in [-0.4, -0.2) is 32.2 Å². The molecule has 2 rings (SSSR count). The third kappa shape index (κ3) is 2.94. The lowest BCUT2D eigenvalue weighted by atomic mass is 10.1. The third-order valence-electron chi connectivity index (χ3n) is 3.08. The molecule has 1 aromatic rings. The molecule has 100 valence electrons. The topological polar surface area (TPSA) is 41.3 Å². The number of nitrogens with one attached hydrogen (secondary N) is 1. The number of rotatable bonds is 2. The van der Waals surface area contributed by atoms with Crippen molar-refractivity contribution in [2.24, 2.45) is 5.73 Å². The van der Waals surface area contributed by atoms with Crippen molar-refractivity contribution < 1.29 is 13.2 Å². The summed E-state index contributed by atoms with van der Waals surface area (Å²) in [5.41, 5.74) is 5.57. The van der Waals surface area contributed by atoms with E-state index in [1.54, 1.807) is 6.07 Å². The fraction of sp³-hybridized carbons (Fsp3) is 0.500. The molecule has 6 heteroatoms. The van der Waals surface area contributed by atoms with Crippen molar-refractivity contribution in [1.82, 2.24) is 5.32 Å². The predicted octanol–water partition coefficient (Wildman–Crippen LogP) is 1.44. The lowest BCUT2D eigenvalue weighted by Crippen LogP contribution is -2.53. The van der Waals surface area contributed by atoms with Crippen LogP contribution in [0.3, 0.4) is 0 Å². The minimum absolute atomic E-state index is 0.133. The van der Waals surface area contributed by atoms with E-state index in [-0.39, 0.29) is 6.04 Å². The van der Waals surface area contributed by atoms with Crippen LogP contribution in [0.1, 0.15) is 5.56 Å². The first-order valence-electron chi connectivity index (χ1n) is 5.86. The molecule has 0 amide bonds. The van der Waals surface area contributed by atoms with E-state index in [4.69, 9.17) is 5.73 Å². The second-order valence-electron chi connectivity index (χ2n) is 4.38. The van der Waals surface area contributed by atoms with Gasteiger partial charge in [0.2, 0.25) is 0 Å². The van der Waals surface area contributed by atoms with Gasteiger partial charge in [0.1, 0.15) is 0 Å². The van der Waals surface area contributed by atoms with Gasteiger partial charge < -0.3 is 16.0 Å². The normalized spacial score (nSPS) is 21.1. The summed E-state index contributed by atoms with van der Waals surface area (Å²) in [5.74, 6) is 0. The summed E-state index contributed by atoms with van der Waals surface area (Å²) in [6.07, 6.45) is -4.29. The molecule has 1 aliphatic heterocycles. The van der Waals surface area contributed by atoms with Crippen molar-refractivity contribution >= 4 is 5.69 Å². The Balaban J connectivity index is 2.18. The first-order chi connectivity index (χ1) is 8.50. The van der Waals surface area contributed by atoms with Gasteiger partial charge in [-0.2, -0.15) is 13.2 Å². The minimum atomic E-state index is -4.29. The van der Waals surface area contributed by atoms with E-state index in [0.717, 1.165) is 12.6 Å². The molecule has 1 fully saturated rings. The van der Waals surface area contributed by atoms with E-state index in [2.05, 4.69) is 5.32 Å². The Kier molecular flexibility index (Phi) is 3.77. The van der Waals surface area contributed by atoms with E-state index < -0.39 is 11.7 Å². The van der Waals surface area contributed by atoms with Gasteiger partial charge in [0.15, 0.2) is 0 Å². The summed E-state index contributed by atoms with van der Waals surface area (Å²) in [6, 6.07) is 5.56. The van der Waals surface area contributed by atoms with Gasteiger partial charge in [0, 0.05) is 37.9 Å². The highest BCUT2D eigenvalue weighted by molar-refractivity contribution is 5.50. The molecule has 0 radical (unpaired) electrons. The molecule has 1 unspecified atom stereocenters. The molecule has 0 aromatic heterocycles. The van der Waals surface area contributed by atoms with Gasteiger partial charge >= 0.3 is 6.18 Å². The standard InChI is InChI=1S/C12H16F3N3/c13-12(14,15)9-2-1-3-11(6-9)18-5-4-17-10(7-16)8-18/h1-3,6,10,17H,4-5,7-8,16H2. The molecule has 0 aliphatic carbocycles. The molecular formula is C12H16F3N3. The van der Waals surface area contributed by atoms with E-state index >= 15 is 0 Å². The van der Waals surface area contributed by atoms with Crippen LogP contribution in [-0.2, 0) is 6.18 Å². The summed E-state index contributed by atoms with van der Waals surface area (Å²) >= 11 is 0. The lowest BCUT2D eigenvalue weighted by molar-refractivity contribution is -0.137. The van der Waals surface area contributed by atoms with Crippen LogP contribution in [0, 0.1) is 0 Å². The average molecular weight is 259 g/mol. The maximum absolute atomic E-state index is 12.6. The molecule has 1 atom stereocenters. The molecule has 18 heavy (non-hydrogen) atoms. The number of piperazine rings is 1. The molecule has 1 aromatic carbocycles. The van der Waals surface area contributed by atoms with Crippen LogP contribution < -0.4 is 16.0 Å². The number of benzene rings is 1. The van der Waals surface area contributed by atoms with Gasteiger partial charge in [-0.3, -0.25) is 0 Å². The Morgan fingerprint density at radius 1 is 1.39 bits per heavy atom. The largest absolute Gasteiger partial charge is 0.416 e. The number of hydrogen-bond donors (Lipinski definition) is 2. The molecule has 3 nitrogen and oxygen atoms in total. The van der Waals surface area contributed by atoms with Crippen LogP contribution in [0.2, 0.25) is 0 Å². The molecule has 1 aliphatic rings. The predicted molar refractivity (Wildman–Crippen MR) is 64.5 cm³/mol. The van der Waals surface area contributed by atoms with Crippen LogP contribution in [0.15, 0.2) is 24.3 Å². The highest BCUT2D eigenvalue weighted by Crippen LogP contribution is 2.31. The second kappa shape index (κ2) is 5.16.